The summed E-state index contributed by atoms with van der Waals surface area (Å²) in [6, 6.07) is 0. The van der Waals surface area contributed by atoms with Crippen LogP contribution in [0, 0.1) is 0 Å². The molecule has 0 atom stereocenters. The van der Waals surface area contributed by atoms with Gasteiger partial charge in [0.25, 0.3) is 0 Å². The van der Waals surface area contributed by atoms with Gasteiger partial charge >= 0.3 is 11.9 Å². The quantitative estimate of drug-likeness (QED) is 0.655. The highest BCUT2D eigenvalue weighted by Crippen LogP contribution is 2.38. The van der Waals surface area contributed by atoms with Gasteiger partial charge < -0.3 is 9.26 Å². The second-order valence-corrected chi connectivity index (χ2v) is 2.95. The lowest BCUT2D eigenvalue weighted by Crippen LogP contribution is -2.04. The summed E-state index contributed by atoms with van der Waals surface area (Å²) in [5.41, 5.74) is 0. The van der Waals surface area contributed by atoms with Crippen LogP contribution in [0.2, 0.25) is 0 Å². The van der Waals surface area contributed by atoms with Gasteiger partial charge in [-0.1, -0.05) is 5.16 Å². The Hall–Kier alpha value is -1.39. The molecule has 1 saturated carbocycles. The van der Waals surface area contributed by atoms with Crippen LogP contribution in [-0.4, -0.2) is 22.7 Å². The Balaban J connectivity index is 2.07. The van der Waals surface area contributed by atoms with Crippen LogP contribution in [0.1, 0.15) is 42.2 Å². The van der Waals surface area contributed by atoms with Crippen molar-refractivity contribution in [3.05, 3.63) is 11.7 Å². The number of carbonyl (C=O) groups is 1. The first-order valence-corrected chi connectivity index (χ1v) is 4.32. The smallest absolute Gasteiger partial charge is 0.397 e. The molecule has 1 aromatic heterocycles. The van der Waals surface area contributed by atoms with Gasteiger partial charge in [-0.2, -0.15) is 4.98 Å². The molecule has 0 aromatic carbocycles. The zero-order valence-electron chi connectivity index (χ0n) is 7.32. The molecule has 0 amide bonds. The third kappa shape index (κ3) is 1.68. The topological polar surface area (TPSA) is 65.2 Å². The highest BCUT2D eigenvalue weighted by molar-refractivity contribution is 5.83. The zero-order valence-corrected chi connectivity index (χ0v) is 7.32. The van der Waals surface area contributed by atoms with Gasteiger partial charge in [0.1, 0.15) is 0 Å². The van der Waals surface area contributed by atoms with E-state index in [9.17, 15) is 4.79 Å². The molecule has 1 aliphatic carbocycles. The molecule has 0 radical (unpaired) electrons. The van der Waals surface area contributed by atoms with Gasteiger partial charge in [0.05, 0.1) is 6.61 Å². The second-order valence-electron chi connectivity index (χ2n) is 2.95. The molecule has 0 N–H and O–H groups in total. The lowest BCUT2D eigenvalue weighted by atomic mass is 10.4. The molecule has 1 heterocycles. The standard InChI is InChI=1S/C8H10N2O3/c1-2-12-8(11)7-9-6(10-13-7)5-3-4-5/h5H,2-4H2,1H3. The van der Waals surface area contributed by atoms with Gasteiger partial charge in [-0.25, -0.2) is 4.79 Å². The van der Waals surface area contributed by atoms with Crippen molar-refractivity contribution < 1.29 is 14.1 Å². The number of hydrogen-bond donors (Lipinski definition) is 0. The Morgan fingerprint density at radius 2 is 2.46 bits per heavy atom. The van der Waals surface area contributed by atoms with Crippen LogP contribution in [0.4, 0.5) is 0 Å². The van der Waals surface area contributed by atoms with Crippen molar-refractivity contribution in [2.24, 2.45) is 0 Å². The van der Waals surface area contributed by atoms with E-state index in [4.69, 9.17) is 9.26 Å². The number of aromatic nitrogens is 2. The minimum atomic E-state index is -0.540. The predicted molar refractivity (Wildman–Crippen MR) is 42.2 cm³/mol. The van der Waals surface area contributed by atoms with Gasteiger partial charge in [0.2, 0.25) is 0 Å². The normalized spacial score (nSPS) is 15.8. The van der Waals surface area contributed by atoms with Crippen molar-refractivity contribution in [1.29, 1.82) is 0 Å². The van der Waals surface area contributed by atoms with E-state index in [1.807, 2.05) is 0 Å². The molecule has 70 valence electrons. The summed E-state index contributed by atoms with van der Waals surface area (Å²) in [5.74, 6) is 0.445. The molecule has 0 unspecified atom stereocenters. The van der Waals surface area contributed by atoms with E-state index in [2.05, 4.69) is 10.1 Å². The number of rotatable bonds is 3. The number of hydrogen-bond acceptors (Lipinski definition) is 5. The van der Waals surface area contributed by atoms with Crippen LogP contribution in [-0.2, 0) is 4.74 Å². The Bertz CT molecular complexity index is 317. The van der Waals surface area contributed by atoms with Crippen LogP contribution in [0.15, 0.2) is 4.52 Å². The molecule has 0 saturated heterocycles. The van der Waals surface area contributed by atoms with Crippen molar-refractivity contribution in [1.82, 2.24) is 10.1 Å². The number of carbonyl (C=O) groups excluding carboxylic acids is 1. The zero-order chi connectivity index (χ0) is 9.26. The fourth-order valence-corrected chi connectivity index (χ4v) is 1.02. The Kier molecular flexibility index (Phi) is 2.00. The monoisotopic (exact) mass is 182 g/mol. The van der Waals surface area contributed by atoms with Crippen LogP contribution in [0.3, 0.4) is 0 Å². The van der Waals surface area contributed by atoms with Gasteiger partial charge in [0, 0.05) is 5.92 Å². The summed E-state index contributed by atoms with van der Waals surface area (Å²) >= 11 is 0. The Morgan fingerprint density at radius 3 is 3.08 bits per heavy atom. The predicted octanol–water partition coefficient (Wildman–Crippen LogP) is 1.12. The van der Waals surface area contributed by atoms with E-state index in [1.165, 1.54) is 0 Å². The van der Waals surface area contributed by atoms with E-state index in [0.29, 0.717) is 18.3 Å². The highest BCUT2D eigenvalue weighted by Gasteiger charge is 2.30. The fourth-order valence-electron chi connectivity index (χ4n) is 1.02. The summed E-state index contributed by atoms with van der Waals surface area (Å²) in [4.78, 5) is 15.0. The first-order valence-electron chi connectivity index (χ1n) is 4.32. The molecule has 1 fully saturated rings. The van der Waals surface area contributed by atoms with E-state index < -0.39 is 5.97 Å². The van der Waals surface area contributed by atoms with Crippen molar-refractivity contribution in [3.63, 3.8) is 0 Å². The summed E-state index contributed by atoms with van der Waals surface area (Å²) in [6.07, 6.45) is 2.17. The van der Waals surface area contributed by atoms with Crippen molar-refractivity contribution >= 4 is 5.97 Å². The van der Waals surface area contributed by atoms with E-state index in [1.54, 1.807) is 6.92 Å². The third-order valence-electron chi connectivity index (χ3n) is 1.83. The maximum atomic E-state index is 11.1. The van der Waals surface area contributed by atoms with Crippen molar-refractivity contribution in [3.8, 4) is 0 Å². The molecule has 0 spiro atoms. The number of esters is 1. The third-order valence-corrected chi connectivity index (χ3v) is 1.83. The molecule has 0 aliphatic heterocycles. The Labute approximate surface area is 75.1 Å². The van der Waals surface area contributed by atoms with Crippen LogP contribution in [0.5, 0.6) is 0 Å². The van der Waals surface area contributed by atoms with Crippen molar-refractivity contribution in [2.45, 2.75) is 25.7 Å². The van der Waals surface area contributed by atoms with Crippen LogP contribution < -0.4 is 0 Å². The summed E-state index contributed by atoms with van der Waals surface area (Å²) in [5, 5.41) is 3.69. The van der Waals surface area contributed by atoms with Gasteiger partial charge in [-0.05, 0) is 19.8 Å². The molecular weight excluding hydrogens is 172 g/mol. The lowest BCUT2D eigenvalue weighted by molar-refractivity contribution is 0.0470. The largest absolute Gasteiger partial charge is 0.459 e. The maximum absolute atomic E-state index is 11.1. The molecule has 1 aromatic rings. The maximum Gasteiger partial charge on any atom is 0.397 e. The molecule has 1 aliphatic rings. The van der Waals surface area contributed by atoms with Crippen LogP contribution in [0.25, 0.3) is 0 Å². The summed E-state index contributed by atoms with van der Waals surface area (Å²) < 4.78 is 9.45. The molecule has 5 nitrogen and oxygen atoms in total. The van der Waals surface area contributed by atoms with Gasteiger partial charge in [-0.3, -0.25) is 0 Å². The number of ether oxygens (including phenoxy) is 1. The summed E-state index contributed by atoms with van der Waals surface area (Å²) in [6.45, 7) is 2.05. The van der Waals surface area contributed by atoms with Gasteiger partial charge in [-0.15, -0.1) is 0 Å². The summed E-state index contributed by atoms with van der Waals surface area (Å²) in [7, 11) is 0. The molecule has 0 bridgehead atoms. The minimum Gasteiger partial charge on any atom is -0.459 e. The first kappa shape index (κ1) is 8.22. The average molecular weight is 182 g/mol. The lowest BCUT2D eigenvalue weighted by Gasteiger charge is -1.93. The molecule has 13 heavy (non-hydrogen) atoms. The molecule has 2 rings (SSSR count). The van der Waals surface area contributed by atoms with Crippen LogP contribution >= 0.6 is 0 Å². The van der Waals surface area contributed by atoms with E-state index in [0.717, 1.165) is 12.8 Å². The molecular formula is C8H10N2O3. The highest BCUT2D eigenvalue weighted by atomic mass is 16.6. The van der Waals surface area contributed by atoms with Gasteiger partial charge in [0.15, 0.2) is 5.82 Å². The SMILES string of the molecule is CCOC(=O)c1nc(C2CC2)no1. The second kappa shape index (κ2) is 3.16. The molecule has 5 heteroatoms. The fraction of sp³-hybridized carbons (Fsp3) is 0.625. The number of nitrogens with zero attached hydrogens (tertiary/aromatic N) is 2. The van der Waals surface area contributed by atoms with E-state index in [-0.39, 0.29) is 5.89 Å². The van der Waals surface area contributed by atoms with Crippen molar-refractivity contribution in [2.75, 3.05) is 6.61 Å². The minimum absolute atomic E-state index is 0.0382. The first-order chi connectivity index (χ1) is 6.31. The Morgan fingerprint density at radius 1 is 1.69 bits per heavy atom. The average Bonchev–Trinajstić information content (AvgIpc) is 2.84. The van der Waals surface area contributed by atoms with E-state index >= 15 is 0 Å².